The molecule has 0 saturated carbocycles. The fourth-order valence-electron chi connectivity index (χ4n) is 1.20. The summed E-state index contributed by atoms with van der Waals surface area (Å²) in [5, 5.41) is 17.6. The molecule has 1 heterocycles. The van der Waals surface area contributed by atoms with Gasteiger partial charge in [0.2, 0.25) is 0 Å². The third-order valence-corrected chi connectivity index (χ3v) is 1.95. The Morgan fingerprint density at radius 3 is 2.93 bits per heavy atom. The lowest BCUT2D eigenvalue weighted by Gasteiger charge is -2.05. The van der Waals surface area contributed by atoms with Crippen molar-refractivity contribution in [3.05, 3.63) is 23.8 Å². The summed E-state index contributed by atoms with van der Waals surface area (Å²) >= 11 is 0. The van der Waals surface area contributed by atoms with Crippen molar-refractivity contribution in [2.75, 3.05) is 6.61 Å². The highest BCUT2D eigenvalue weighted by Crippen LogP contribution is 2.12. The average molecular weight is 191 g/mol. The molecule has 0 aromatic carbocycles. The van der Waals surface area contributed by atoms with E-state index in [1.807, 2.05) is 6.07 Å². The van der Waals surface area contributed by atoms with Gasteiger partial charge in [0.15, 0.2) is 0 Å². The second-order valence-corrected chi connectivity index (χ2v) is 3.05. The average Bonchev–Trinajstić information content (AvgIpc) is 2.21. The van der Waals surface area contributed by atoms with Gasteiger partial charge in [0.1, 0.15) is 12.2 Å². The summed E-state index contributed by atoms with van der Waals surface area (Å²) in [5.41, 5.74) is 1.53. The fourth-order valence-corrected chi connectivity index (χ4v) is 1.20. The van der Waals surface area contributed by atoms with Crippen LogP contribution in [-0.4, -0.2) is 21.7 Å². The predicted octanol–water partition coefficient (Wildman–Crippen LogP) is 1.03. The first kappa shape index (κ1) is 10.6. The molecular weight excluding hydrogens is 178 g/mol. The number of hydrogen-bond acceptors (Lipinski definition) is 4. The Kier molecular flexibility index (Phi) is 4.02. The molecule has 0 spiro atoms. The van der Waals surface area contributed by atoms with Crippen LogP contribution in [0.2, 0.25) is 0 Å². The van der Waals surface area contributed by atoms with E-state index in [4.69, 9.17) is 10.4 Å². The molecule has 4 nitrogen and oxygen atoms in total. The molecule has 0 saturated heterocycles. The molecular formula is C10H13N3O. The van der Waals surface area contributed by atoms with Crippen molar-refractivity contribution in [2.24, 2.45) is 0 Å². The van der Waals surface area contributed by atoms with Crippen LogP contribution in [0.4, 0.5) is 0 Å². The van der Waals surface area contributed by atoms with Gasteiger partial charge in [0.05, 0.1) is 18.4 Å². The number of aromatic nitrogens is 2. The number of nitriles is 1. The molecule has 0 aliphatic rings. The highest BCUT2D eigenvalue weighted by Gasteiger charge is 2.10. The third-order valence-electron chi connectivity index (χ3n) is 1.95. The number of aryl methyl sites for hydroxylation is 1. The van der Waals surface area contributed by atoms with Crippen molar-refractivity contribution in [3.8, 4) is 6.07 Å². The lowest BCUT2D eigenvalue weighted by molar-refractivity contribution is 0.284. The van der Waals surface area contributed by atoms with E-state index in [-0.39, 0.29) is 6.61 Å². The first-order valence-corrected chi connectivity index (χ1v) is 4.63. The second-order valence-electron chi connectivity index (χ2n) is 3.05. The standard InChI is InChI=1S/C10H13N3O/c1-2-3-9-4-10(13-7-12-9)8(5-11)6-14/h4,7-8,14H,2-3,6H2,1H3. The van der Waals surface area contributed by atoms with Crippen LogP contribution in [0, 0.1) is 11.3 Å². The fraction of sp³-hybridized carbons (Fsp3) is 0.500. The monoisotopic (exact) mass is 191 g/mol. The van der Waals surface area contributed by atoms with E-state index >= 15 is 0 Å². The Morgan fingerprint density at radius 1 is 1.57 bits per heavy atom. The van der Waals surface area contributed by atoms with E-state index in [1.165, 1.54) is 6.33 Å². The maximum Gasteiger partial charge on any atom is 0.115 e. The maximum atomic E-state index is 8.92. The quantitative estimate of drug-likeness (QED) is 0.771. The van der Waals surface area contributed by atoms with E-state index in [0.29, 0.717) is 5.69 Å². The van der Waals surface area contributed by atoms with E-state index in [1.54, 1.807) is 6.07 Å². The van der Waals surface area contributed by atoms with Crippen molar-refractivity contribution in [1.82, 2.24) is 9.97 Å². The van der Waals surface area contributed by atoms with E-state index in [9.17, 15) is 0 Å². The van der Waals surface area contributed by atoms with Gasteiger partial charge in [-0.15, -0.1) is 0 Å². The van der Waals surface area contributed by atoms with Crippen molar-refractivity contribution >= 4 is 0 Å². The summed E-state index contributed by atoms with van der Waals surface area (Å²) < 4.78 is 0. The van der Waals surface area contributed by atoms with E-state index < -0.39 is 5.92 Å². The number of aliphatic hydroxyl groups excluding tert-OH is 1. The minimum Gasteiger partial charge on any atom is -0.395 e. The first-order chi connectivity index (χ1) is 6.81. The van der Waals surface area contributed by atoms with Crippen LogP contribution >= 0.6 is 0 Å². The Balaban J connectivity index is 2.88. The van der Waals surface area contributed by atoms with Gasteiger partial charge in [0, 0.05) is 5.69 Å². The molecule has 0 aliphatic carbocycles. The minimum absolute atomic E-state index is 0.195. The largest absolute Gasteiger partial charge is 0.395 e. The molecule has 4 heteroatoms. The summed E-state index contributed by atoms with van der Waals surface area (Å²) in [5.74, 6) is -0.534. The maximum absolute atomic E-state index is 8.92. The second kappa shape index (κ2) is 5.30. The lowest BCUT2D eigenvalue weighted by atomic mass is 10.1. The lowest BCUT2D eigenvalue weighted by Crippen LogP contribution is -2.05. The molecule has 0 bridgehead atoms. The van der Waals surface area contributed by atoms with Crippen molar-refractivity contribution in [3.63, 3.8) is 0 Å². The summed E-state index contributed by atoms with van der Waals surface area (Å²) in [6.07, 6.45) is 3.33. The van der Waals surface area contributed by atoms with Crippen LogP contribution in [0.5, 0.6) is 0 Å². The van der Waals surface area contributed by atoms with Gasteiger partial charge in [-0.1, -0.05) is 13.3 Å². The molecule has 74 valence electrons. The van der Waals surface area contributed by atoms with Crippen molar-refractivity contribution in [1.29, 1.82) is 5.26 Å². The van der Waals surface area contributed by atoms with E-state index in [0.717, 1.165) is 18.5 Å². The van der Waals surface area contributed by atoms with Gasteiger partial charge in [-0.25, -0.2) is 9.97 Å². The number of nitrogens with zero attached hydrogens (tertiary/aromatic N) is 3. The summed E-state index contributed by atoms with van der Waals surface area (Å²) in [6.45, 7) is 1.87. The van der Waals surface area contributed by atoms with Gasteiger partial charge >= 0.3 is 0 Å². The number of hydrogen-bond donors (Lipinski definition) is 1. The summed E-state index contributed by atoms with van der Waals surface area (Å²) in [6, 6.07) is 3.78. The molecule has 1 aromatic rings. The summed E-state index contributed by atoms with van der Waals surface area (Å²) in [4.78, 5) is 8.05. The Morgan fingerprint density at radius 2 is 2.36 bits per heavy atom. The highest BCUT2D eigenvalue weighted by atomic mass is 16.3. The van der Waals surface area contributed by atoms with Crippen molar-refractivity contribution < 1.29 is 5.11 Å². The van der Waals surface area contributed by atoms with Gasteiger partial charge in [-0.05, 0) is 12.5 Å². The zero-order valence-electron chi connectivity index (χ0n) is 8.14. The zero-order valence-corrected chi connectivity index (χ0v) is 8.14. The van der Waals surface area contributed by atoms with Gasteiger partial charge in [0.25, 0.3) is 0 Å². The molecule has 1 atom stereocenters. The normalized spacial score (nSPS) is 12.1. The zero-order chi connectivity index (χ0) is 10.4. The molecule has 1 N–H and O–H groups in total. The minimum atomic E-state index is -0.534. The highest BCUT2D eigenvalue weighted by molar-refractivity contribution is 5.18. The molecule has 1 aromatic heterocycles. The van der Waals surface area contributed by atoms with Crippen LogP contribution in [0.3, 0.4) is 0 Å². The molecule has 1 unspecified atom stereocenters. The molecule has 0 aliphatic heterocycles. The van der Waals surface area contributed by atoms with Gasteiger partial charge < -0.3 is 5.11 Å². The smallest absolute Gasteiger partial charge is 0.115 e. The SMILES string of the molecule is CCCc1cc(C(C#N)CO)ncn1. The Labute approximate surface area is 83.2 Å². The van der Waals surface area contributed by atoms with E-state index in [2.05, 4.69) is 16.9 Å². The third kappa shape index (κ3) is 2.51. The molecule has 1 rings (SSSR count). The Hall–Kier alpha value is -1.47. The van der Waals surface area contributed by atoms with Crippen LogP contribution in [0.25, 0.3) is 0 Å². The summed E-state index contributed by atoms with van der Waals surface area (Å²) in [7, 11) is 0. The molecule has 14 heavy (non-hydrogen) atoms. The molecule has 0 amide bonds. The number of aliphatic hydroxyl groups is 1. The van der Waals surface area contributed by atoms with Crippen LogP contribution < -0.4 is 0 Å². The molecule has 0 radical (unpaired) electrons. The predicted molar refractivity (Wildman–Crippen MR) is 51.5 cm³/mol. The van der Waals surface area contributed by atoms with Gasteiger partial charge in [-0.2, -0.15) is 5.26 Å². The first-order valence-electron chi connectivity index (χ1n) is 4.63. The van der Waals surface area contributed by atoms with Crippen LogP contribution in [0.1, 0.15) is 30.7 Å². The van der Waals surface area contributed by atoms with Crippen LogP contribution in [0.15, 0.2) is 12.4 Å². The van der Waals surface area contributed by atoms with Crippen molar-refractivity contribution in [2.45, 2.75) is 25.7 Å². The topological polar surface area (TPSA) is 69.8 Å². The van der Waals surface area contributed by atoms with Gasteiger partial charge in [-0.3, -0.25) is 0 Å². The molecule has 0 fully saturated rings. The Bertz CT molecular complexity index is 332. The number of rotatable bonds is 4. The van der Waals surface area contributed by atoms with Crippen LogP contribution in [-0.2, 0) is 6.42 Å².